The highest BCUT2D eigenvalue weighted by atomic mass is 16.5. The summed E-state index contributed by atoms with van der Waals surface area (Å²) >= 11 is 0. The first-order chi connectivity index (χ1) is 8.81. The summed E-state index contributed by atoms with van der Waals surface area (Å²) in [5.41, 5.74) is 0. The number of hydrogen-bond acceptors (Lipinski definition) is 4. The predicted octanol–water partition coefficient (Wildman–Crippen LogP) is 2.64. The minimum Gasteiger partial charge on any atom is -0.492 e. The van der Waals surface area contributed by atoms with E-state index in [4.69, 9.17) is 9.47 Å². The molecule has 1 aliphatic carbocycles. The average molecular weight is 252 g/mol. The maximum atomic E-state index is 5.71. The van der Waals surface area contributed by atoms with Crippen molar-refractivity contribution in [3.8, 4) is 11.6 Å². The molecule has 1 N–H and O–H groups in total. The Hall–Kier alpha value is -1.29. The van der Waals surface area contributed by atoms with Gasteiger partial charge in [-0.05, 0) is 32.9 Å². The van der Waals surface area contributed by atoms with E-state index in [1.54, 1.807) is 6.20 Å². The van der Waals surface area contributed by atoms with Gasteiger partial charge in [0.2, 0.25) is 5.88 Å². The molecule has 1 fully saturated rings. The van der Waals surface area contributed by atoms with Gasteiger partial charge in [0.05, 0.1) is 12.8 Å². The van der Waals surface area contributed by atoms with Gasteiger partial charge in [-0.15, -0.1) is 0 Å². The van der Waals surface area contributed by atoms with Crippen LogP contribution in [0.3, 0.4) is 0 Å². The lowest BCUT2D eigenvalue weighted by atomic mass is 9.89. The van der Waals surface area contributed by atoms with Gasteiger partial charge in [0.1, 0.15) is 11.9 Å². The van der Waals surface area contributed by atoms with Gasteiger partial charge in [0.15, 0.2) is 0 Å². The molecule has 0 bridgehead atoms. The first kappa shape index (κ1) is 14.8. The molecule has 4 nitrogen and oxygen atoms in total. The highest BCUT2D eigenvalue weighted by molar-refractivity contribution is 5.23. The smallest absolute Gasteiger partial charge is 0.213 e. The molecule has 1 aliphatic rings. The Labute approximate surface area is 110 Å². The van der Waals surface area contributed by atoms with Gasteiger partial charge < -0.3 is 14.8 Å². The Morgan fingerprint density at radius 2 is 2.06 bits per heavy atom. The van der Waals surface area contributed by atoms with E-state index in [-0.39, 0.29) is 0 Å². The molecule has 0 spiro atoms. The van der Waals surface area contributed by atoms with Crippen molar-refractivity contribution in [3.05, 3.63) is 18.3 Å². The zero-order valence-corrected chi connectivity index (χ0v) is 11.8. The molecule has 0 atom stereocenters. The van der Waals surface area contributed by atoms with Crippen LogP contribution in [0.5, 0.6) is 11.6 Å². The molecule has 0 saturated heterocycles. The van der Waals surface area contributed by atoms with Crippen molar-refractivity contribution in [2.24, 2.45) is 0 Å². The van der Waals surface area contributed by atoms with E-state index in [2.05, 4.69) is 10.3 Å². The van der Waals surface area contributed by atoms with Crippen LogP contribution in [-0.4, -0.2) is 30.8 Å². The number of nitrogens with zero attached hydrogens (tertiary/aromatic N) is 1. The quantitative estimate of drug-likeness (QED) is 0.875. The van der Waals surface area contributed by atoms with Gasteiger partial charge in [-0.25, -0.2) is 4.98 Å². The largest absolute Gasteiger partial charge is 0.492 e. The summed E-state index contributed by atoms with van der Waals surface area (Å²) in [6, 6.07) is 4.35. The van der Waals surface area contributed by atoms with Crippen LogP contribution >= 0.6 is 0 Å². The first-order valence-corrected chi connectivity index (χ1v) is 6.74. The maximum Gasteiger partial charge on any atom is 0.213 e. The molecule has 0 aromatic carbocycles. The summed E-state index contributed by atoms with van der Waals surface area (Å²) in [6.45, 7) is 6.62. The normalized spacial score (nSPS) is 21.3. The number of ether oxygens (including phenoxy) is 2. The Bertz CT molecular complexity index is 321. The third-order valence-corrected chi connectivity index (χ3v) is 2.81. The molecule has 2 rings (SSSR count). The highest BCUT2D eigenvalue weighted by Gasteiger charge is 2.29. The van der Waals surface area contributed by atoms with Gasteiger partial charge in [0, 0.05) is 12.1 Å². The van der Waals surface area contributed by atoms with Crippen LogP contribution < -0.4 is 14.8 Å². The Morgan fingerprint density at radius 3 is 2.56 bits per heavy atom. The summed E-state index contributed by atoms with van der Waals surface area (Å²) in [4.78, 5) is 4.20. The van der Waals surface area contributed by atoms with Crippen LogP contribution in [0.4, 0.5) is 0 Å². The van der Waals surface area contributed by atoms with Crippen molar-refractivity contribution in [2.45, 2.75) is 45.8 Å². The van der Waals surface area contributed by atoms with Gasteiger partial charge >= 0.3 is 0 Å². The zero-order valence-electron chi connectivity index (χ0n) is 11.8. The van der Waals surface area contributed by atoms with Crippen LogP contribution in [0.15, 0.2) is 18.3 Å². The van der Waals surface area contributed by atoms with Gasteiger partial charge in [-0.2, -0.15) is 0 Å². The van der Waals surface area contributed by atoms with Crippen molar-refractivity contribution in [2.75, 3.05) is 13.7 Å². The topological polar surface area (TPSA) is 43.4 Å². The fourth-order valence-corrected chi connectivity index (χ4v) is 1.76. The molecule has 18 heavy (non-hydrogen) atoms. The number of pyridine rings is 1. The molecule has 1 aromatic rings. The summed E-state index contributed by atoms with van der Waals surface area (Å²) < 4.78 is 11.0. The van der Waals surface area contributed by atoms with E-state index >= 15 is 0 Å². The van der Waals surface area contributed by atoms with E-state index in [0.717, 1.165) is 18.6 Å². The van der Waals surface area contributed by atoms with Crippen LogP contribution in [-0.2, 0) is 0 Å². The third-order valence-electron chi connectivity index (χ3n) is 2.81. The summed E-state index contributed by atoms with van der Waals surface area (Å²) in [5.74, 6) is 1.47. The summed E-state index contributed by atoms with van der Waals surface area (Å²) in [6.07, 6.45) is 4.13. The SMILES string of the molecule is CC.CCOc1ccc(OC2CC(NC)C2)nc1. The van der Waals surface area contributed by atoms with Crippen molar-refractivity contribution >= 4 is 0 Å². The molecule has 0 radical (unpaired) electrons. The fourth-order valence-electron chi connectivity index (χ4n) is 1.76. The van der Waals surface area contributed by atoms with E-state index in [1.807, 2.05) is 40.0 Å². The molecular weight excluding hydrogens is 228 g/mol. The Balaban J connectivity index is 0.000000771. The van der Waals surface area contributed by atoms with Crippen molar-refractivity contribution < 1.29 is 9.47 Å². The maximum absolute atomic E-state index is 5.71. The third kappa shape index (κ3) is 4.18. The van der Waals surface area contributed by atoms with E-state index in [1.165, 1.54) is 0 Å². The van der Waals surface area contributed by atoms with Crippen LogP contribution in [0.1, 0.15) is 33.6 Å². The minimum absolute atomic E-state index is 0.308. The van der Waals surface area contributed by atoms with Crippen LogP contribution in [0.2, 0.25) is 0 Å². The second-order valence-electron chi connectivity index (χ2n) is 3.96. The number of hydrogen-bond donors (Lipinski definition) is 1. The monoisotopic (exact) mass is 252 g/mol. The molecule has 1 aromatic heterocycles. The van der Waals surface area contributed by atoms with Gasteiger partial charge in [0.25, 0.3) is 0 Å². The van der Waals surface area contributed by atoms with Gasteiger partial charge in [-0.3, -0.25) is 0 Å². The molecular formula is C14H24N2O2. The lowest BCUT2D eigenvalue weighted by Gasteiger charge is -2.34. The Kier molecular flexibility index (Phi) is 6.50. The molecule has 1 heterocycles. The lowest BCUT2D eigenvalue weighted by molar-refractivity contribution is 0.0837. The standard InChI is InChI=1S/C12H18N2O2.C2H6/c1-3-15-10-4-5-12(14-8-10)16-11-6-9(7-11)13-2;1-2/h4-5,8-9,11,13H,3,6-7H2,1-2H3;1-2H3. The summed E-state index contributed by atoms with van der Waals surface area (Å²) in [7, 11) is 1.98. The number of nitrogens with one attached hydrogen (secondary N) is 1. The Morgan fingerprint density at radius 1 is 1.33 bits per heavy atom. The van der Waals surface area contributed by atoms with Gasteiger partial charge in [-0.1, -0.05) is 13.8 Å². The van der Waals surface area contributed by atoms with E-state index in [0.29, 0.717) is 24.6 Å². The molecule has 1 saturated carbocycles. The predicted molar refractivity (Wildman–Crippen MR) is 73.3 cm³/mol. The van der Waals surface area contributed by atoms with Crippen molar-refractivity contribution in [3.63, 3.8) is 0 Å². The zero-order chi connectivity index (χ0) is 13.4. The first-order valence-electron chi connectivity index (χ1n) is 6.74. The van der Waals surface area contributed by atoms with Crippen LogP contribution in [0, 0.1) is 0 Å². The molecule has 0 aliphatic heterocycles. The molecule has 102 valence electrons. The highest BCUT2D eigenvalue weighted by Crippen LogP contribution is 2.25. The van der Waals surface area contributed by atoms with Crippen LogP contribution in [0.25, 0.3) is 0 Å². The second kappa shape index (κ2) is 7.93. The van der Waals surface area contributed by atoms with E-state index in [9.17, 15) is 0 Å². The lowest BCUT2D eigenvalue weighted by Crippen LogP contribution is -2.45. The number of rotatable bonds is 5. The van der Waals surface area contributed by atoms with Crippen molar-refractivity contribution in [1.82, 2.24) is 10.3 Å². The summed E-state index contributed by atoms with van der Waals surface area (Å²) in [5, 5.41) is 3.22. The molecule has 4 heteroatoms. The number of aromatic nitrogens is 1. The van der Waals surface area contributed by atoms with E-state index < -0.39 is 0 Å². The molecule has 0 amide bonds. The minimum atomic E-state index is 0.308. The average Bonchev–Trinajstić information content (AvgIpc) is 2.38. The molecule has 0 unspecified atom stereocenters. The fraction of sp³-hybridized carbons (Fsp3) is 0.643. The van der Waals surface area contributed by atoms with Crippen molar-refractivity contribution in [1.29, 1.82) is 0 Å². The second-order valence-corrected chi connectivity index (χ2v) is 3.96.